The first-order valence-corrected chi connectivity index (χ1v) is 10.8. The van der Waals surface area contributed by atoms with Gasteiger partial charge in [-0.2, -0.15) is 0 Å². The van der Waals surface area contributed by atoms with Crippen LogP contribution < -0.4 is 10.6 Å². The predicted molar refractivity (Wildman–Crippen MR) is 100 cm³/mol. The van der Waals surface area contributed by atoms with Crippen molar-refractivity contribution in [2.24, 2.45) is 5.92 Å². The third kappa shape index (κ3) is 5.74. The minimum atomic E-state index is -3.23. The Balaban J connectivity index is 1.98. The smallest absolute Gasteiger partial charge is 0.254 e. The molecule has 0 saturated carbocycles. The second kappa shape index (κ2) is 8.79. The number of rotatable bonds is 6. The Bertz CT molecular complexity index is 790. The SMILES string of the molecule is CC(C)C(NC(=O)c1ccccc1F)C(=O)NC1CCN(S(C)(=O)=O)CC1. The number of piperidine rings is 1. The molecule has 1 heterocycles. The van der Waals surface area contributed by atoms with Gasteiger partial charge in [-0.05, 0) is 30.9 Å². The first-order chi connectivity index (χ1) is 12.6. The number of benzene rings is 1. The number of nitrogens with zero attached hydrogens (tertiary/aromatic N) is 1. The van der Waals surface area contributed by atoms with Gasteiger partial charge >= 0.3 is 0 Å². The fraction of sp³-hybridized carbons (Fsp3) is 0.556. The lowest BCUT2D eigenvalue weighted by atomic mass is 10.0. The average molecular weight is 399 g/mol. The van der Waals surface area contributed by atoms with Gasteiger partial charge in [-0.25, -0.2) is 17.1 Å². The zero-order valence-electron chi connectivity index (χ0n) is 15.7. The molecule has 0 aliphatic carbocycles. The van der Waals surface area contributed by atoms with E-state index in [2.05, 4.69) is 10.6 Å². The molecule has 1 aliphatic rings. The van der Waals surface area contributed by atoms with Crippen molar-refractivity contribution in [2.75, 3.05) is 19.3 Å². The summed E-state index contributed by atoms with van der Waals surface area (Å²) >= 11 is 0. The van der Waals surface area contributed by atoms with Gasteiger partial charge in [0.05, 0.1) is 11.8 Å². The summed E-state index contributed by atoms with van der Waals surface area (Å²) in [6, 6.07) is 4.61. The van der Waals surface area contributed by atoms with Crippen LogP contribution in [0.2, 0.25) is 0 Å². The van der Waals surface area contributed by atoms with Crippen molar-refractivity contribution >= 4 is 21.8 Å². The van der Waals surface area contributed by atoms with Crippen LogP contribution in [0.3, 0.4) is 0 Å². The molecule has 0 spiro atoms. The highest BCUT2D eigenvalue weighted by Crippen LogP contribution is 2.14. The molecule has 1 aromatic carbocycles. The monoisotopic (exact) mass is 399 g/mol. The fourth-order valence-electron chi connectivity index (χ4n) is 3.02. The molecule has 7 nitrogen and oxygen atoms in total. The van der Waals surface area contributed by atoms with Crippen LogP contribution in [0.25, 0.3) is 0 Å². The van der Waals surface area contributed by atoms with Gasteiger partial charge in [-0.3, -0.25) is 9.59 Å². The van der Waals surface area contributed by atoms with Crippen LogP contribution in [0.1, 0.15) is 37.0 Å². The molecule has 2 N–H and O–H groups in total. The lowest BCUT2D eigenvalue weighted by molar-refractivity contribution is -0.124. The summed E-state index contributed by atoms with van der Waals surface area (Å²) in [7, 11) is -3.23. The molecule has 1 fully saturated rings. The van der Waals surface area contributed by atoms with Crippen LogP contribution in [0, 0.1) is 11.7 Å². The molecule has 1 aliphatic heterocycles. The standard InChI is InChI=1S/C18H26FN3O4S/c1-12(2)16(21-17(23)14-6-4-5-7-15(14)19)18(24)20-13-8-10-22(11-9-13)27(3,25)26/h4-7,12-13,16H,8-11H2,1-3H3,(H,20,24)(H,21,23). The Morgan fingerprint density at radius 2 is 1.78 bits per heavy atom. The number of halogens is 1. The first-order valence-electron chi connectivity index (χ1n) is 8.90. The second-order valence-corrected chi connectivity index (χ2v) is 9.10. The Morgan fingerprint density at radius 3 is 2.30 bits per heavy atom. The lowest BCUT2D eigenvalue weighted by Gasteiger charge is -2.32. The van der Waals surface area contributed by atoms with Crippen molar-refractivity contribution in [3.63, 3.8) is 0 Å². The third-order valence-electron chi connectivity index (χ3n) is 4.62. The van der Waals surface area contributed by atoms with Gasteiger partial charge in [0.2, 0.25) is 15.9 Å². The van der Waals surface area contributed by atoms with Gasteiger partial charge in [-0.15, -0.1) is 0 Å². The average Bonchev–Trinajstić information content (AvgIpc) is 2.59. The van der Waals surface area contributed by atoms with Crippen LogP contribution in [0.4, 0.5) is 4.39 Å². The van der Waals surface area contributed by atoms with E-state index >= 15 is 0 Å². The predicted octanol–water partition coefficient (Wildman–Crippen LogP) is 1.12. The summed E-state index contributed by atoms with van der Waals surface area (Å²) in [6.45, 7) is 4.27. The van der Waals surface area contributed by atoms with E-state index in [9.17, 15) is 22.4 Å². The van der Waals surface area contributed by atoms with E-state index in [1.165, 1.54) is 28.8 Å². The maximum absolute atomic E-state index is 13.8. The van der Waals surface area contributed by atoms with Crippen molar-refractivity contribution in [3.05, 3.63) is 35.6 Å². The van der Waals surface area contributed by atoms with E-state index in [-0.39, 0.29) is 23.4 Å². The molecule has 1 atom stereocenters. The second-order valence-electron chi connectivity index (χ2n) is 7.12. The van der Waals surface area contributed by atoms with Crippen LogP contribution in [-0.4, -0.2) is 56.0 Å². The molecular weight excluding hydrogens is 373 g/mol. The number of sulfonamides is 1. The maximum Gasteiger partial charge on any atom is 0.254 e. The van der Waals surface area contributed by atoms with E-state index in [4.69, 9.17) is 0 Å². The van der Waals surface area contributed by atoms with Gasteiger partial charge in [0.1, 0.15) is 11.9 Å². The quantitative estimate of drug-likeness (QED) is 0.749. The number of amides is 2. The molecule has 2 rings (SSSR count). The Morgan fingerprint density at radius 1 is 1.19 bits per heavy atom. The molecule has 27 heavy (non-hydrogen) atoms. The summed E-state index contributed by atoms with van der Waals surface area (Å²) in [6.07, 6.45) is 2.18. The largest absolute Gasteiger partial charge is 0.351 e. The number of carbonyl (C=O) groups excluding carboxylic acids is 2. The number of carbonyl (C=O) groups is 2. The molecule has 0 radical (unpaired) electrons. The highest BCUT2D eigenvalue weighted by molar-refractivity contribution is 7.88. The van der Waals surface area contributed by atoms with Crippen molar-refractivity contribution in [1.82, 2.24) is 14.9 Å². The summed E-state index contributed by atoms with van der Waals surface area (Å²) in [5, 5.41) is 5.47. The van der Waals surface area contributed by atoms with Gasteiger partial charge in [0.25, 0.3) is 5.91 Å². The molecule has 1 unspecified atom stereocenters. The van der Waals surface area contributed by atoms with Gasteiger partial charge in [-0.1, -0.05) is 26.0 Å². The van der Waals surface area contributed by atoms with E-state index in [1.807, 2.05) is 0 Å². The van der Waals surface area contributed by atoms with E-state index < -0.39 is 27.8 Å². The topological polar surface area (TPSA) is 95.6 Å². The van der Waals surface area contributed by atoms with Crippen LogP contribution in [0.15, 0.2) is 24.3 Å². The molecule has 2 amide bonds. The van der Waals surface area contributed by atoms with Crippen LogP contribution >= 0.6 is 0 Å². The lowest BCUT2D eigenvalue weighted by Crippen LogP contribution is -2.54. The van der Waals surface area contributed by atoms with Gasteiger partial charge in [0, 0.05) is 19.1 Å². The van der Waals surface area contributed by atoms with Crippen LogP contribution in [-0.2, 0) is 14.8 Å². The summed E-state index contributed by atoms with van der Waals surface area (Å²) in [5.74, 6) is -1.84. The Hall–Kier alpha value is -2.00. The normalized spacial score (nSPS) is 17.5. The number of nitrogens with one attached hydrogen (secondary N) is 2. The van der Waals surface area contributed by atoms with Gasteiger partial charge in [0.15, 0.2) is 0 Å². The van der Waals surface area contributed by atoms with Crippen LogP contribution in [0.5, 0.6) is 0 Å². The highest BCUT2D eigenvalue weighted by atomic mass is 32.2. The maximum atomic E-state index is 13.8. The molecule has 1 saturated heterocycles. The molecule has 150 valence electrons. The molecule has 1 aromatic rings. The van der Waals surface area contributed by atoms with Crippen molar-refractivity contribution in [1.29, 1.82) is 0 Å². The van der Waals surface area contributed by atoms with Crippen molar-refractivity contribution < 1.29 is 22.4 Å². The summed E-state index contributed by atoms with van der Waals surface area (Å²) in [5.41, 5.74) is -0.114. The van der Waals surface area contributed by atoms with E-state index in [0.717, 1.165) is 0 Å². The zero-order valence-corrected chi connectivity index (χ0v) is 16.6. The molecule has 0 aromatic heterocycles. The van der Waals surface area contributed by atoms with Crippen molar-refractivity contribution in [3.8, 4) is 0 Å². The Kier molecular flexibility index (Phi) is 6.94. The fourth-order valence-corrected chi connectivity index (χ4v) is 3.90. The van der Waals surface area contributed by atoms with E-state index in [1.54, 1.807) is 19.9 Å². The summed E-state index contributed by atoms with van der Waals surface area (Å²) < 4.78 is 38.3. The van der Waals surface area contributed by atoms with Crippen molar-refractivity contribution in [2.45, 2.75) is 38.8 Å². The molecule has 9 heteroatoms. The third-order valence-corrected chi connectivity index (χ3v) is 5.93. The van der Waals surface area contributed by atoms with E-state index in [0.29, 0.717) is 25.9 Å². The minimum absolute atomic E-state index is 0.114. The zero-order chi connectivity index (χ0) is 20.2. The number of hydrogen-bond acceptors (Lipinski definition) is 4. The minimum Gasteiger partial charge on any atom is -0.351 e. The summed E-state index contributed by atoms with van der Waals surface area (Å²) in [4.78, 5) is 25.0. The molecular formula is C18H26FN3O4S. The molecule has 0 bridgehead atoms. The number of hydrogen-bond donors (Lipinski definition) is 2. The van der Waals surface area contributed by atoms with Gasteiger partial charge < -0.3 is 10.6 Å². The Labute approximate surface area is 159 Å². The first kappa shape index (κ1) is 21.3. The highest BCUT2D eigenvalue weighted by Gasteiger charge is 2.30.